The van der Waals surface area contributed by atoms with Crippen molar-refractivity contribution < 1.29 is 22.7 Å². The highest BCUT2D eigenvalue weighted by molar-refractivity contribution is 5.94. The van der Waals surface area contributed by atoms with E-state index in [1.165, 1.54) is 22.7 Å². The highest BCUT2D eigenvalue weighted by atomic mass is 19.4. The van der Waals surface area contributed by atoms with Crippen LogP contribution in [0.4, 0.5) is 18.0 Å². The minimum atomic E-state index is -4.56. The van der Waals surface area contributed by atoms with Crippen molar-refractivity contribution in [3.05, 3.63) is 45.9 Å². The first kappa shape index (κ1) is 21.2. The predicted molar refractivity (Wildman–Crippen MR) is 108 cm³/mol. The second-order valence-corrected chi connectivity index (χ2v) is 8.76. The molecule has 1 N–H and O–H groups in total. The van der Waals surface area contributed by atoms with E-state index in [4.69, 9.17) is 4.74 Å². The first-order valence-corrected chi connectivity index (χ1v) is 10.0. The minimum absolute atomic E-state index is 0.132. The summed E-state index contributed by atoms with van der Waals surface area (Å²) >= 11 is 0. The molecule has 31 heavy (non-hydrogen) atoms. The lowest BCUT2D eigenvalue weighted by Gasteiger charge is -2.33. The van der Waals surface area contributed by atoms with Crippen LogP contribution in [0.15, 0.2) is 29.1 Å². The number of piperidine rings is 1. The summed E-state index contributed by atoms with van der Waals surface area (Å²) in [5.74, 6) is -0.132. The van der Waals surface area contributed by atoms with Gasteiger partial charge in [0.25, 0.3) is 5.56 Å². The number of alkyl halides is 3. The Labute approximate surface area is 175 Å². The Kier molecular flexibility index (Phi) is 4.98. The number of nitrogens with zero attached hydrogens (tertiary/aromatic N) is 3. The average Bonchev–Trinajstić information content (AvgIpc) is 3.04. The summed E-state index contributed by atoms with van der Waals surface area (Å²) in [6.45, 7) is 6.22. The van der Waals surface area contributed by atoms with Crippen LogP contribution in [0, 0.1) is 0 Å². The second-order valence-electron chi connectivity index (χ2n) is 8.76. The van der Waals surface area contributed by atoms with Crippen molar-refractivity contribution in [3.63, 3.8) is 0 Å². The molecule has 166 valence electrons. The standard InChI is InChI=1S/C21H23F3N4O3/c1-20(2,3)31-19(30)27-9-7-12(8-10-27)15-11-16(29)25-18-13-5-4-6-14(21(22,23)24)17(13)26-28(15)18/h4-6,11-12H,7-10H2,1-3H3,(H,25,29). The van der Waals surface area contributed by atoms with Crippen LogP contribution in [-0.4, -0.2) is 44.3 Å². The molecule has 0 unspecified atom stereocenters. The molecular formula is C21H23F3N4O3. The zero-order valence-electron chi connectivity index (χ0n) is 17.4. The number of carbonyl (C=O) groups excluding carboxylic acids is 1. The summed E-state index contributed by atoms with van der Waals surface area (Å²) in [6.07, 6.45) is -3.88. The van der Waals surface area contributed by atoms with Gasteiger partial charge in [-0.3, -0.25) is 4.79 Å². The van der Waals surface area contributed by atoms with Gasteiger partial charge in [-0.1, -0.05) is 6.07 Å². The van der Waals surface area contributed by atoms with Gasteiger partial charge in [0.15, 0.2) is 0 Å². The van der Waals surface area contributed by atoms with Crippen LogP contribution in [0.1, 0.15) is 50.8 Å². The van der Waals surface area contributed by atoms with Crippen molar-refractivity contribution in [2.75, 3.05) is 13.1 Å². The lowest BCUT2D eigenvalue weighted by Crippen LogP contribution is -2.41. The number of halogens is 3. The number of aromatic nitrogens is 3. The molecule has 1 aliphatic heterocycles. The number of hydrogen-bond acceptors (Lipinski definition) is 4. The first-order valence-electron chi connectivity index (χ1n) is 10.0. The van der Waals surface area contributed by atoms with Crippen LogP contribution in [0.2, 0.25) is 0 Å². The SMILES string of the molecule is CC(C)(C)OC(=O)N1CCC(c2cc(=O)[nH]c3c4cccc(C(F)(F)F)c4nn23)CC1. The predicted octanol–water partition coefficient (Wildman–Crippen LogP) is 4.31. The van der Waals surface area contributed by atoms with Crippen LogP contribution >= 0.6 is 0 Å². The van der Waals surface area contributed by atoms with E-state index in [2.05, 4.69) is 10.1 Å². The molecule has 4 rings (SSSR count). The lowest BCUT2D eigenvalue weighted by molar-refractivity contribution is -0.136. The average molecular weight is 436 g/mol. The molecule has 0 saturated carbocycles. The molecule has 1 saturated heterocycles. The molecule has 3 heterocycles. The summed E-state index contributed by atoms with van der Waals surface area (Å²) in [5.41, 5.74) is -1.29. The quantitative estimate of drug-likeness (QED) is 0.617. The molecule has 1 amide bonds. The van der Waals surface area contributed by atoms with Crippen molar-refractivity contribution >= 4 is 22.6 Å². The largest absolute Gasteiger partial charge is 0.444 e. The normalized spacial score (nSPS) is 16.3. The molecule has 1 fully saturated rings. The molecule has 0 bridgehead atoms. The number of H-pyrrole nitrogens is 1. The van der Waals surface area contributed by atoms with E-state index < -0.39 is 29.0 Å². The van der Waals surface area contributed by atoms with Crippen molar-refractivity contribution in [1.29, 1.82) is 0 Å². The molecule has 10 heteroatoms. The Bertz CT molecular complexity index is 1200. The third-order valence-electron chi connectivity index (χ3n) is 5.34. The van der Waals surface area contributed by atoms with Gasteiger partial charge >= 0.3 is 12.3 Å². The van der Waals surface area contributed by atoms with Crippen molar-refractivity contribution in [2.24, 2.45) is 0 Å². The smallest absolute Gasteiger partial charge is 0.418 e. The van der Waals surface area contributed by atoms with Gasteiger partial charge in [-0.25, -0.2) is 9.31 Å². The van der Waals surface area contributed by atoms with Crippen LogP contribution in [0.5, 0.6) is 0 Å². The van der Waals surface area contributed by atoms with E-state index in [0.29, 0.717) is 31.6 Å². The number of benzene rings is 1. The molecule has 7 nitrogen and oxygen atoms in total. The lowest BCUT2D eigenvalue weighted by atomic mass is 9.93. The third kappa shape index (κ3) is 4.11. The number of nitrogens with one attached hydrogen (secondary N) is 1. The van der Waals surface area contributed by atoms with E-state index in [1.807, 2.05) is 0 Å². The molecule has 0 spiro atoms. The Morgan fingerprint density at radius 3 is 2.48 bits per heavy atom. The molecule has 0 radical (unpaired) electrons. The summed E-state index contributed by atoms with van der Waals surface area (Å²) < 4.78 is 47.1. The number of fused-ring (bicyclic) bond motifs is 3. The molecule has 0 atom stereocenters. The number of rotatable bonds is 1. The van der Waals surface area contributed by atoms with E-state index in [9.17, 15) is 22.8 Å². The number of hydrogen-bond donors (Lipinski definition) is 1. The number of amides is 1. The summed E-state index contributed by atoms with van der Waals surface area (Å²) in [5, 5.41) is 4.46. The van der Waals surface area contributed by atoms with Crippen LogP contribution in [0.3, 0.4) is 0 Å². The summed E-state index contributed by atoms with van der Waals surface area (Å²) in [6, 6.07) is 5.17. The van der Waals surface area contributed by atoms with Crippen molar-refractivity contribution in [3.8, 4) is 0 Å². The summed E-state index contributed by atoms with van der Waals surface area (Å²) in [4.78, 5) is 28.8. The van der Waals surface area contributed by atoms with Crippen LogP contribution in [-0.2, 0) is 10.9 Å². The third-order valence-corrected chi connectivity index (χ3v) is 5.34. The van der Waals surface area contributed by atoms with Crippen LogP contribution in [0.25, 0.3) is 16.6 Å². The highest BCUT2D eigenvalue weighted by Gasteiger charge is 2.35. The Balaban J connectivity index is 1.69. The van der Waals surface area contributed by atoms with Gasteiger partial charge < -0.3 is 14.6 Å². The van der Waals surface area contributed by atoms with E-state index in [1.54, 1.807) is 25.7 Å². The molecule has 0 aliphatic carbocycles. The van der Waals surface area contributed by atoms with Gasteiger partial charge in [-0.15, -0.1) is 0 Å². The maximum Gasteiger partial charge on any atom is 0.418 e. The van der Waals surface area contributed by atoms with Crippen LogP contribution < -0.4 is 5.56 Å². The molecule has 2 aromatic heterocycles. The molecule has 1 aliphatic rings. The number of ether oxygens (including phenoxy) is 1. The van der Waals surface area contributed by atoms with E-state index >= 15 is 0 Å². The zero-order valence-corrected chi connectivity index (χ0v) is 17.4. The highest BCUT2D eigenvalue weighted by Crippen LogP contribution is 2.36. The second kappa shape index (κ2) is 7.28. The fourth-order valence-corrected chi connectivity index (χ4v) is 3.97. The number of aromatic amines is 1. The van der Waals surface area contributed by atoms with Gasteiger partial charge in [-0.2, -0.15) is 18.3 Å². The Morgan fingerprint density at radius 2 is 1.87 bits per heavy atom. The topological polar surface area (TPSA) is 79.7 Å². The molecular weight excluding hydrogens is 413 g/mol. The maximum atomic E-state index is 13.4. The first-order chi connectivity index (χ1) is 14.4. The maximum absolute atomic E-state index is 13.4. The Hall–Kier alpha value is -3.04. The number of likely N-dealkylation sites (tertiary alicyclic amines) is 1. The zero-order chi connectivity index (χ0) is 22.6. The van der Waals surface area contributed by atoms with Gasteiger partial charge in [0.2, 0.25) is 0 Å². The molecule has 3 aromatic rings. The van der Waals surface area contributed by atoms with Gasteiger partial charge in [-0.05, 0) is 45.7 Å². The van der Waals surface area contributed by atoms with Gasteiger partial charge in [0.1, 0.15) is 16.8 Å². The van der Waals surface area contributed by atoms with E-state index in [-0.39, 0.29) is 22.5 Å². The van der Waals surface area contributed by atoms with Crippen molar-refractivity contribution in [2.45, 2.75) is 51.3 Å². The Morgan fingerprint density at radius 1 is 1.19 bits per heavy atom. The molecule has 1 aromatic carbocycles. The fourth-order valence-electron chi connectivity index (χ4n) is 3.97. The van der Waals surface area contributed by atoms with Crippen molar-refractivity contribution in [1.82, 2.24) is 19.5 Å². The fraction of sp³-hybridized carbons (Fsp3) is 0.476. The van der Waals surface area contributed by atoms with Gasteiger partial charge in [0, 0.05) is 30.5 Å². The van der Waals surface area contributed by atoms with E-state index in [0.717, 1.165) is 6.07 Å². The summed E-state index contributed by atoms with van der Waals surface area (Å²) in [7, 11) is 0. The van der Waals surface area contributed by atoms with Gasteiger partial charge in [0.05, 0.1) is 11.3 Å². The minimum Gasteiger partial charge on any atom is -0.444 e. The number of carbonyl (C=O) groups is 1. The monoisotopic (exact) mass is 436 g/mol.